The van der Waals surface area contributed by atoms with Gasteiger partial charge in [0.1, 0.15) is 23.2 Å². The molecule has 3 aromatic rings. The Morgan fingerprint density at radius 2 is 2.05 bits per heavy atom. The Bertz CT molecular complexity index is 800. The fourth-order valence-corrected chi connectivity index (χ4v) is 2.61. The molecule has 21 heavy (non-hydrogen) atoms. The van der Waals surface area contributed by atoms with Gasteiger partial charge in [0, 0.05) is 16.0 Å². The van der Waals surface area contributed by atoms with Crippen LogP contribution >= 0.6 is 11.6 Å². The molecule has 3 nitrogen and oxygen atoms in total. The number of rotatable bonds is 3. The molecule has 3 rings (SSSR count). The molecule has 0 aliphatic carbocycles. The highest BCUT2D eigenvalue weighted by atomic mass is 35.5. The van der Waals surface area contributed by atoms with E-state index in [4.69, 9.17) is 21.9 Å². The van der Waals surface area contributed by atoms with Gasteiger partial charge in [-0.15, -0.1) is 0 Å². The van der Waals surface area contributed by atoms with Crippen LogP contribution in [0.15, 0.2) is 46.9 Å². The molecule has 0 amide bonds. The molecule has 0 bridgehead atoms. The second kappa shape index (κ2) is 5.48. The number of aryl methyl sites for hydroxylation is 1. The number of halogens is 2. The number of hydrazine groups is 1. The minimum Gasteiger partial charge on any atom is -0.459 e. The van der Waals surface area contributed by atoms with Gasteiger partial charge in [0.25, 0.3) is 0 Å². The van der Waals surface area contributed by atoms with E-state index in [1.54, 1.807) is 6.07 Å². The van der Waals surface area contributed by atoms with Gasteiger partial charge in [0.15, 0.2) is 0 Å². The number of nitrogens with one attached hydrogen (secondary N) is 1. The maximum Gasteiger partial charge on any atom is 0.137 e. The quantitative estimate of drug-likeness (QED) is 0.566. The summed E-state index contributed by atoms with van der Waals surface area (Å²) in [6.45, 7) is 1.96. The third kappa shape index (κ3) is 2.53. The van der Waals surface area contributed by atoms with Crippen LogP contribution in [0, 0.1) is 12.7 Å². The van der Waals surface area contributed by atoms with E-state index < -0.39 is 6.04 Å². The van der Waals surface area contributed by atoms with Crippen molar-refractivity contribution >= 4 is 22.6 Å². The van der Waals surface area contributed by atoms with Gasteiger partial charge in [-0.05, 0) is 36.8 Å². The molecule has 0 aliphatic rings. The minimum atomic E-state index is -0.601. The Hall–Kier alpha value is -1.88. The molecule has 0 radical (unpaired) electrons. The Morgan fingerprint density at radius 1 is 1.24 bits per heavy atom. The van der Waals surface area contributed by atoms with Crippen LogP contribution in [-0.4, -0.2) is 0 Å². The van der Waals surface area contributed by atoms with Crippen LogP contribution in [0.5, 0.6) is 0 Å². The van der Waals surface area contributed by atoms with Gasteiger partial charge in [-0.25, -0.2) is 9.82 Å². The first kappa shape index (κ1) is 14.1. The van der Waals surface area contributed by atoms with Crippen molar-refractivity contribution in [1.29, 1.82) is 0 Å². The lowest BCUT2D eigenvalue weighted by Crippen LogP contribution is -2.29. The predicted octanol–water partition coefficient (Wildman–Crippen LogP) is 4.09. The fourth-order valence-electron chi connectivity index (χ4n) is 2.43. The second-order valence-corrected chi connectivity index (χ2v) is 5.34. The summed E-state index contributed by atoms with van der Waals surface area (Å²) in [6, 6.07) is 11.5. The zero-order valence-electron chi connectivity index (χ0n) is 11.4. The molecule has 1 aromatic heterocycles. The summed E-state index contributed by atoms with van der Waals surface area (Å²) in [7, 11) is 0. The van der Waals surface area contributed by atoms with Crippen LogP contribution < -0.4 is 11.3 Å². The van der Waals surface area contributed by atoms with Crippen LogP contribution in [0.3, 0.4) is 0 Å². The van der Waals surface area contributed by atoms with E-state index >= 15 is 0 Å². The summed E-state index contributed by atoms with van der Waals surface area (Å²) in [4.78, 5) is 0. The van der Waals surface area contributed by atoms with Gasteiger partial charge in [-0.2, -0.15) is 0 Å². The van der Waals surface area contributed by atoms with Crippen molar-refractivity contribution in [1.82, 2.24) is 5.43 Å². The molecule has 0 spiro atoms. The zero-order valence-corrected chi connectivity index (χ0v) is 12.1. The first-order valence-corrected chi connectivity index (χ1v) is 6.88. The van der Waals surface area contributed by atoms with Crippen molar-refractivity contribution in [3.63, 3.8) is 0 Å². The van der Waals surface area contributed by atoms with Crippen molar-refractivity contribution in [2.45, 2.75) is 13.0 Å². The largest absolute Gasteiger partial charge is 0.459 e. The molecule has 0 fully saturated rings. The molecule has 1 atom stereocenters. The van der Waals surface area contributed by atoms with Gasteiger partial charge < -0.3 is 4.42 Å². The smallest absolute Gasteiger partial charge is 0.137 e. The van der Waals surface area contributed by atoms with Crippen LogP contribution in [0.1, 0.15) is 22.9 Å². The maximum absolute atomic E-state index is 14.0. The van der Waals surface area contributed by atoms with Gasteiger partial charge >= 0.3 is 0 Å². The van der Waals surface area contributed by atoms with Crippen molar-refractivity contribution in [3.8, 4) is 0 Å². The fraction of sp³-hybridized carbons (Fsp3) is 0.125. The van der Waals surface area contributed by atoms with E-state index in [-0.39, 0.29) is 5.82 Å². The summed E-state index contributed by atoms with van der Waals surface area (Å²) >= 11 is 5.94. The molecular formula is C16H14ClFN2O. The van der Waals surface area contributed by atoms with E-state index in [2.05, 4.69) is 5.43 Å². The van der Waals surface area contributed by atoms with E-state index in [0.717, 1.165) is 16.5 Å². The van der Waals surface area contributed by atoms with Crippen molar-refractivity contribution in [3.05, 3.63) is 70.2 Å². The van der Waals surface area contributed by atoms with E-state index in [9.17, 15) is 4.39 Å². The molecule has 1 unspecified atom stereocenters. The number of hydrogen-bond acceptors (Lipinski definition) is 3. The van der Waals surface area contributed by atoms with Gasteiger partial charge in [-0.1, -0.05) is 29.8 Å². The third-order valence-electron chi connectivity index (χ3n) is 3.48. The van der Waals surface area contributed by atoms with E-state index in [1.807, 2.05) is 31.2 Å². The van der Waals surface area contributed by atoms with Crippen LogP contribution in [0.25, 0.3) is 11.0 Å². The zero-order chi connectivity index (χ0) is 15.0. The first-order chi connectivity index (χ1) is 10.1. The molecular weight excluding hydrogens is 291 g/mol. The second-order valence-electron chi connectivity index (χ2n) is 4.91. The minimum absolute atomic E-state index is 0.349. The predicted molar refractivity (Wildman–Crippen MR) is 81.5 cm³/mol. The van der Waals surface area contributed by atoms with E-state index in [1.165, 1.54) is 12.1 Å². The van der Waals surface area contributed by atoms with Gasteiger partial charge in [0.05, 0.1) is 0 Å². The Balaban J connectivity index is 2.13. The topological polar surface area (TPSA) is 51.2 Å². The van der Waals surface area contributed by atoms with Crippen molar-refractivity contribution in [2.24, 2.45) is 5.84 Å². The molecule has 1 heterocycles. The number of fused-ring (bicyclic) bond motifs is 1. The highest BCUT2D eigenvalue weighted by Crippen LogP contribution is 2.31. The Kier molecular flexibility index (Phi) is 3.68. The molecule has 0 saturated heterocycles. The molecule has 3 N–H and O–H groups in total. The first-order valence-electron chi connectivity index (χ1n) is 6.50. The number of furan rings is 1. The average molecular weight is 305 g/mol. The van der Waals surface area contributed by atoms with Crippen molar-refractivity contribution in [2.75, 3.05) is 0 Å². The summed E-state index contributed by atoms with van der Waals surface area (Å²) < 4.78 is 19.9. The lowest BCUT2D eigenvalue weighted by molar-refractivity contribution is 0.462. The van der Waals surface area contributed by atoms with Crippen LogP contribution in [-0.2, 0) is 0 Å². The standard InChI is InChI=1S/C16H14ClFN2O/c1-9-3-2-4-10-7-14(21-16(9)10)15(20-19)12-8-11(17)5-6-13(12)18/h2-8,15,20H,19H2,1H3. The SMILES string of the molecule is Cc1cccc2cc(C(NN)c3cc(Cl)ccc3F)oc12. The summed E-state index contributed by atoms with van der Waals surface area (Å²) in [5.41, 5.74) is 4.73. The third-order valence-corrected chi connectivity index (χ3v) is 3.72. The lowest BCUT2D eigenvalue weighted by Gasteiger charge is -2.14. The number of hydrogen-bond donors (Lipinski definition) is 2. The monoisotopic (exact) mass is 304 g/mol. The lowest BCUT2D eigenvalue weighted by atomic mass is 10.0. The van der Waals surface area contributed by atoms with Crippen LogP contribution in [0.4, 0.5) is 4.39 Å². The number of para-hydroxylation sites is 1. The molecule has 2 aromatic carbocycles. The maximum atomic E-state index is 14.0. The van der Waals surface area contributed by atoms with Crippen LogP contribution in [0.2, 0.25) is 5.02 Å². The molecule has 5 heteroatoms. The van der Waals surface area contributed by atoms with E-state index in [0.29, 0.717) is 16.3 Å². The highest BCUT2D eigenvalue weighted by molar-refractivity contribution is 6.30. The molecule has 108 valence electrons. The average Bonchev–Trinajstić information content (AvgIpc) is 2.89. The Morgan fingerprint density at radius 3 is 2.76 bits per heavy atom. The number of benzene rings is 2. The molecule has 0 aliphatic heterocycles. The highest BCUT2D eigenvalue weighted by Gasteiger charge is 2.21. The summed E-state index contributed by atoms with van der Waals surface area (Å²) in [6.07, 6.45) is 0. The summed E-state index contributed by atoms with van der Waals surface area (Å²) in [5.74, 6) is 5.75. The number of nitrogens with two attached hydrogens (primary N) is 1. The molecule has 0 saturated carbocycles. The summed E-state index contributed by atoms with van der Waals surface area (Å²) in [5, 5.41) is 1.40. The van der Waals surface area contributed by atoms with Crippen molar-refractivity contribution < 1.29 is 8.81 Å². The van der Waals surface area contributed by atoms with Gasteiger partial charge in [-0.3, -0.25) is 5.84 Å². The Labute approximate surface area is 126 Å². The normalized spacial score (nSPS) is 12.8. The van der Waals surface area contributed by atoms with Gasteiger partial charge in [0.2, 0.25) is 0 Å².